The third-order valence-corrected chi connectivity index (χ3v) is 6.93. The number of carbonyl (C=O) groups is 1. The maximum absolute atomic E-state index is 12.8. The number of nitrogens with one attached hydrogen (secondary N) is 2. The minimum atomic E-state index is -3.53. The Kier molecular flexibility index (Phi) is 7.46. The van der Waals surface area contributed by atoms with Gasteiger partial charge in [0.25, 0.3) is 5.91 Å². The first kappa shape index (κ1) is 21.2. The van der Waals surface area contributed by atoms with Crippen LogP contribution in [0.5, 0.6) is 0 Å². The lowest BCUT2D eigenvalue weighted by Crippen LogP contribution is -2.45. The fourth-order valence-electron chi connectivity index (χ4n) is 3.50. The number of hydrogen-bond acceptors (Lipinski definition) is 4. The molecule has 2 N–H and O–H groups in total. The van der Waals surface area contributed by atoms with Crippen LogP contribution in [0.2, 0.25) is 0 Å². The highest BCUT2D eigenvalue weighted by atomic mass is 35.5. The van der Waals surface area contributed by atoms with Crippen molar-refractivity contribution in [2.75, 3.05) is 26.2 Å². The number of rotatable bonds is 4. The number of sulfonamides is 1. The molecule has 2 saturated heterocycles. The molecule has 0 spiro atoms. The van der Waals surface area contributed by atoms with Gasteiger partial charge < -0.3 is 10.6 Å². The molecule has 0 radical (unpaired) electrons. The summed E-state index contributed by atoms with van der Waals surface area (Å²) in [5.41, 5.74) is 1.24. The van der Waals surface area contributed by atoms with E-state index in [1.807, 2.05) is 6.92 Å². The molecule has 0 unspecified atom stereocenters. The van der Waals surface area contributed by atoms with Crippen LogP contribution < -0.4 is 10.6 Å². The largest absolute Gasteiger partial charge is 0.348 e. The van der Waals surface area contributed by atoms with Gasteiger partial charge in [-0.1, -0.05) is 12.5 Å². The predicted molar refractivity (Wildman–Crippen MR) is 104 cm³/mol. The lowest BCUT2D eigenvalue weighted by Gasteiger charge is -2.26. The first-order valence-electron chi connectivity index (χ1n) is 9.11. The van der Waals surface area contributed by atoms with E-state index in [1.54, 1.807) is 12.1 Å². The molecule has 1 aromatic carbocycles. The van der Waals surface area contributed by atoms with E-state index in [0.717, 1.165) is 50.8 Å². The Morgan fingerprint density at radius 2 is 1.92 bits per heavy atom. The Morgan fingerprint density at radius 1 is 1.19 bits per heavy atom. The fourth-order valence-corrected chi connectivity index (χ4v) is 5.04. The van der Waals surface area contributed by atoms with Gasteiger partial charge in [0, 0.05) is 31.2 Å². The topological polar surface area (TPSA) is 78.5 Å². The van der Waals surface area contributed by atoms with Crippen molar-refractivity contribution in [2.24, 2.45) is 0 Å². The van der Waals surface area contributed by atoms with Gasteiger partial charge in [-0.15, -0.1) is 12.4 Å². The lowest BCUT2D eigenvalue weighted by atomic mass is 10.1. The summed E-state index contributed by atoms with van der Waals surface area (Å²) in [5.74, 6) is -0.193. The van der Waals surface area contributed by atoms with E-state index >= 15 is 0 Å². The van der Waals surface area contributed by atoms with Gasteiger partial charge >= 0.3 is 0 Å². The summed E-state index contributed by atoms with van der Waals surface area (Å²) in [5, 5.41) is 6.29. The maximum Gasteiger partial charge on any atom is 0.251 e. The molecule has 0 aromatic heterocycles. The van der Waals surface area contributed by atoms with Crippen molar-refractivity contribution < 1.29 is 13.2 Å². The summed E-state index contributed by atoms with van der Waals surface area (Å²) >= 11 is 0. The average Bonchev–Trinajstić information content (AvgIpc) is 2.63. The van der Waals surface area contributed by atoms with Gasteiger partial charge in [-0.2, -0.15) is 4.31 Å². The molecule has 3 rings (SSSR count). The van der Waals surface area contributed by atoms with Crippen molar-refractivity contribution in [2.45, 2.75) is 50.0 Å². The second kappa shape index (κ2) is 9.17. The van der Waals surface area contributed by atoms with Crippen molar-refractivity contribution in [3.63, 3.8) is 0 Å². The van der Waals surface area contributed by atoms with Gasteiger partial charge in [0.2, 0.25) is 10.0 Å². The zero-order valence-electron chi connectivity index (χ0n) is 15.2. The monoisotopic (exact) mass is 401 g/mol. The standard InChI is InChI=1S/C18H27N3O3S.ClH/c1-14-7-8-16(25(23,24)21-10-3-2-4-11-21)12-17(14)18(22)20-15-6-5-9-19-13-15;/h7-8,12,15,19H,2-6,9-11,13H2,1H3,(H,20,22);1H/t15-;/m0./s1. The van der Waals surface area contributed by atoms with Crippen LogP contribution in [0.15, 0.2) is 23.1 Å². The number of halogens is 1. The molecule has 1 aromatic rings. The number of benzene rings is 1. The number of aryl methyl sites for hydroxylation is 1. The Morgan fingerprint density at radius 3 is 2.58 bits per heavy atom. The summed E-state index contributed by atoms with van der Waals surface area (Å²) in [6, 6.07) is 4.97. The van der Waals surface area contributed by atoms with Crippen molar-refractivity contribution >= 4 is 28.3 Å². The molecule has 1 amide bonds. The van der Waals surface area contributed by atoms with Crippen LogP contribution in [-0.2, 0) is 10.0 Å². The van der Waals surface area contributed by atoms with E-state index < -0.39 is 10.0 Å². The van der Waals surface area contributed by atoms with Gasteiger partial charge in [0.1, 0.15) is 0 Å². The smallest absolute Gasteiger partial charge is 0.251 e. The summed E-state index contributed by atoms with van der Waals surface area (Å²) < 4.78 is 27.2. The van der Waals surface area contributed by atoms with Crippen LogP contribution in [0, 0.1) is 6.92 Å². The van der Waals surface area contributed by atoms with Crippen molar-refractivity contribution in [3.8, 4) is 0 Å². The SMILES string of the molecule is Cc1ccc(S(=O)(=O)N2CCCCC2)cc1C(=O)N[C@H]1CCCNC1.Cl. The molecule has 2 aliphatic heterocycles. The number of piperidine rings is 2. The second-order valence-electron chi connectivity index (χ2n) is 6.96. The van der Waals surface area contributed by atoms with E-state index in [4.69, 9.17) is 0 Å². The third kappa shape index (κ3) is 4.76. The Bertz CT molecular complexity index is 727. The highest BCUT2D eigenvalue weighted by molar-refractivity contribution is 7.89. The van der Waals surface area contributed by atoms with Gasteiger partial charge in [-0.25, -0.2) is 8.42 Å². The number of hydrogen-bond donors (Lipinski definition) is 2. The minimum Gasteiger partial charge on any atom is -0.348 e. The van der Waals surface area contributed by atoms with Crippen LogP contribution in [-0.4, -0.2) is 50.9 Å². The molecule has 1 atom stereocenters. The van der Waals surface area contributed by atoms with Gasteiger partial charge in [0.15, 0.2) is 0 Å². The van der Waals surface area contributed by atoms with Crippen molar-refractivity contribution in [1.82, 2.24) is 14.9 Å². The zero-order chi connectivity index (χ0) is 17.9. The fraction of sp³-hybridized carbons (Fsp3) is 0.611. The molecule has 6 nitrogen and oxygen atoms in total. The van der Waals surface area contributed by atoms with Gasteiger partial charge in [-0.05, 0) is 56.8 Å². The van der Waals surface area contributed by atoms with E-state index in [1.165, 1.54) is 10.4 Å². The molecule has 146 valence electrons. The number of carbonyl (C=O) groups excluding carboxylic acids is 1. The van der Waals surface area contributed by atoms with E-state index in [0.29, 0.717) is 18.7 Å². The second-order valence-corrected chi connectivity index (χ2v) is 8.90. The first-order valence-corrected chi connectivity index (χ1v) is 10.5. The summed E-state index contributed by atoms with van der Waals surface area (Å²) in [6.07, 6.45) is 4.85. The van der Waals surface area contributed by atoms with Crippen LogP contribution in [0.1, 0.15) is 48.0 Å². The Balaban J connectivity index is 0.00000243. The normalized spacial score (nSPS) is 21.7. The molecule has 0 bridgehead atoms. The highest BCUT2D eigenvalue weighted by Crippen LogP contribution is 2.23. The predicted octanol–water partition coefficient (Wildman–Crippen LogP) is 2.07. The summed E-state index contributed by atoms with van der Waals surface area (Å²) in [7, 11) is -3.53. The highest BCUT2D eigenvalue weighted by Gasteiger charge is 2.27. The number of amides is 1. The molecule has 26 heavy (non-hydrogen) atoms. The summed E-state index contributed by atoms with van der Waals surface area (Å²) in [4.78, 5) is 12.9. The van der Waals surface area contributed by atoms with E-state index in [9.17, 15) is 13.2 Å². The quantitative estimate of drug-likeness (QED) is 0.809. The molecule has 0 aliphatic carbocycles. The molecule has 2 heterocycles. The molecule has 2 aliphatic rings. The van der Waals surface area contributed by atoms with Crippen molar-refractivity contribution in [1.29, 1.82) is 0 Å². The number of nitrogens with zero attached hydrogens (tertiary/aromatic N) is 1. The molecule has 2 fully saturated rings. The van der Waals surface area contributed by atoms with Crippen LogP contribution >= 0.6 is 12.4 Å². The van der Waals surface area contributed by atoms with Crippen LogP contribution in [0.4, 0.5) is 0 Å². The van der Waals surface area contributed by atoms with Crippen LogP contribution in [0.25, 0.3) is 0 Å². The molecule has 0 saturated carbocycles. The van der Waals surface area contributed by atoms with E-state index in [2.05, 4.69) is 10.6 Å². The Hall–Kier alpha value is -1.15. The van der Waals surface area contributed by atoms with Crippen molar-refractivity contribution in [3.05, 3.63) is 29.3 Å². The van der Waals surface area contributed by atoms with Crippen LogP contribution in [0.3, 0.4) is 0 Å². The zero-order valence-corrected chi connectivity index (χ0v) is 16.8. The first-order chi connectivity index (χ1) is 12.0. The molecular weight excluding hydrogens is 374 g/mol. The third-order valence-electron chi connectivity index (χ3n) is 5.04. The van der Waals surface area contributed by atoms with E-state index in [-0.39, 0.29) is 29.3 Å². The molecular formula is C18H28ClN3O3S. The van der Waals surface area contributed by atoms with Gasteiger partial charge in [-0.3, -0.25) is 4.79 Å². The molecule has 8 heteroatoms. The summed E-state index contributed by atoms with van der Waals surface area (Å²) in [6.45, 7) is 4.70. The minimum absolute atomic E-state index is 0. The lowest BCUT2D eigenvalue weighted by molar-refractivity contribution is 0.0930. The average molecular weight is 402 g/mol. The Labute approximate surface area is 162 Å². The van der Waals surface area contributed by atoms with Gasteiger partial charge in [0.05, 0.1) is 4.90 Å². The maximum atomic E-state index is 12.8.